The van der Waals surface area contributed by atoms with Gasteiger partial charge in [0.2, 0.25) is 6.08 Å². The Morgan fingerprint density at radius 2 is 2.43 bits per heavy atom. The van der Waals surface area contributed by atoms with Crippen molar-refractivity contribution < 1.29 is 9.53 Å². The summed E-state index contributed by atoms with van der Waals surface area (Å²) in [6.45, 7) is 2.63. The summed E-state index contributed by atoms with van der Waals surface area (Å²) >= 11 is 0. The van der Waals surface area contributed by atoms with Gasteiger partial charge in [0, 0.05) is 12.0 Å². The number of hydrogen-bond donors (Lipinski definition) is 0. The first-order valence-electron chi connectivity index (χ1n) is 4.61. The van der Waals surface area contributed by atoms with Crippen LogP contribution in [0.4, 0.5) is 0 Å². The highest BCUT2D eigenvalue weighted by molar-refractivity contribution is 5.43. The number of fused-ring (bicyclic) bond motifs is 1. The Labute approximate surface area is 82.4 Å². The van der Waals surface area contributed by atoms with Gasteiger partial charge in [0.15, 0.2) is 0 Å². The zero-order valence-corrected chi connectivity index (χ0v) is 7.99. The minimum atomic E-state index is -0.0724. The first-order valence-corrected chi connectivity index (χ1v) is 4.61. The Morgan fingerprint density at radius 3 is 3.21 bits per heavy atom. The van der Waals surface area contributed by atoms with Gasteiger partial charge in [0.1, 0.15) is 5.75 Å². The number of hydrogen-bond acceptors (Lipinski definition) is 3. The summed E-state index contributed by atoms with van der Waals surface area (Å²) in [5.41, 5.74) is 2.14. The van der Waals surface area contributed by atoms with E-state index in [1.165, 1.54) is 0 Å². The molecule has 1 aliphatic rings. The highest BCUT2D eigenvalue weighted by Crippen LogP contribution is 2.34. The number of aryl methyl sites for hydroxylation is 1. The Balaban J connectivity index is 2.44. The molecule has 1 heterocycles. The molecule has 0 aromatic heterocycles. The van der Waals surface area contributed by atoms with Crippen molar-refractivity contribution in [3.63, 3.8) is 0 Å². The average molecular weight is 189 g/mol. The van der Waals surface area contributed by atoms with Crippen molar-refractivity contribution in [2.45, 2.75) is 19.4 Å². The molecule has 1 unspecified atom stereocenters. The molecule has 0 radical (unpaired) electrons. The molecule has 72 valence electrons. The molecule has 1 atom stereocenters. The minimum absolute atomic E-state index is 0.0724. The van der Waals surface area contributed by atoms with Crippen LogP contribution in [0, 0.1) is 6.92 Å². The predicted octanol–water partition coefficient (Wildman–Crippen LogP) is 2.15. The molecule has 3 heteroatoms. The minimum Gasteiger partial charge on any atom is -0.493 e. The van der Waals surface area contributed by atoms with Crippen molar-refractivity contribution in [3.05, 3.63) is 29.3 Å². The molecule has 0 bridgehead atoms. The normalized spacial score (nSPS) is 19.1. The van der Waals surface area contributed by atoms with Crippen molar-refractivity contribution in [3.8, 4) is 5.75 Å². The Morgan fingerprint density at radius 1 is 1.57 bits per heavy atom. The van der Waals surface area contributed by atoms with Crippen molar-refractivity contribution in [2.75, 3.05) is 6.61 Å². The summed E-state index contributed by atoms with van der Waals surface area (Å²) in [5, 5.41) is 0. The lowest BCUT2D eigenvalue weighted by Crippen LogP contribution is -2.12. The van der Waals surface area contributed by atoms with E-state index in [0.717, 1.165) is 23.3 Å². The van der Waals surface area contributed by atoms with Crippen molar-refractivity contribution in [2.24, 2.45) is 4.99 Å². The lowest BCUT2D eigenvalue weighted by molar-refractivity contribution is 0.269. The van der Waals surface area contributed by atoms with Gasteiger partial charge in [-0.05, 0) is 18.6 Å². The van der Waals surface area contributed by atoms with Gasteiger partial charge >= 0.3 is 0 Å². The van der Waals surface area contributed by atoms with Gasteiger partial charge in [-0.1, -0.05) is 12.1 Å². The van der Waals surface area contributed by atoms with Gasteiger partial charge in [-0.15, -0.1) is 0 Å². The zero-order valence-electron chi connectivity index (χ0n) is 7.99. The molecule has 0 amide bonds. The second kappa shape index (κ2) is 3.64. The first kappa shape index (κ1) is 8.97. The van der Waals surface area contributed by atoms with E-state index in [1.807, 2.05) is 25.1 Å². The van der Waals surface area contributed by atoms with Gasteiger partial charge in [0.25, 0.3) is 0 Å². The molecule has 0 fully saturated rings. The summed E-state index contributed by atoms with van der Waals surface area (Å²) < 4.78 is 5.49. The van der Waals surface area contributed by atoms with E-state index in [-0.39, 0.29) is 6.04 Å². The maximum absolute atomic E-state index is 10.2. The van der Waals surface area contributed by atoms with E-state index in [4.69, 9.17) is 4.74 Å². The number of nitrogens with zero attached hydrogens (tertiary/aromatic N) is 1. The monoisotopic (exact) mass is 189 g/mol. The van der Waals surface area contributed by atoms with E-state index < -0.39 is 0 Å². The number of rotatable bonds is 1. The van der Waals surface area contributed by atoms with Crippen LogP contribution in [-0.2, 0) is 4.79 Å². The van der Waals surface area contributed by atoms with Crippen molar-refractivity contribution in [1.82, 2.24) is 0 Å². The van der Waals surface area contributed by atoms with Crippen LogP contribution in [0.5, 0.6) is 5.75 Å². The van der Waals surface area contributed by atoms with Gasteiger partial charge in [-0.2, -0.15) is 4.99 Å². The largest absolute Gasteiger partial charge is 0.493 e. The van der Waals surface area contributed by atoms with Gasteiger partial charge < -0.3 is 4.74 Å². The second-order valence-corrected chi connectivity index (χ2v) is 3.41. The molecule has 0 saturated carbocycles. The van der Waals surface area contributed by atoms with Crippen LogP contribution in [0.1, 0.15) is 23.6 Å². The highest BCUT2D eigenvalue weighted by atomic mass is 16.5. The third kappa shape index (κ3) is 1.54. The number of ether oxygens (including phenoxy) is 1. The Bertz CT molecular complexity index is 394. The lowest BCUT2D eigenvalue weighted by Gasteiger charge is -2.22. The quantitative estimate of drug-likeness (QED) is 0.501. The fraction of sp³-hybridized carbons (Fsp3) is 0.364. The van der Waals surface area contributed by atoms with Crippen LogP contribution in [0.3, 0.4) is 0 Å². The van der Waals surface area contributed by atoms with Crippen LogP contribution in [-0.4, -0.2) is 12.7 Å². The number of carbonyl (C=O) groups excluding carboxylic acids is 1. The van der Waals surface area contributed by atoms with Gasteiger partial charge in [-0.3, -0.25) is 0 Å². The van der Waals surface area contributed by atoms with E-state index in [1.54, 1.807) is 6.08 Å². The van der Waals surface area contributed by atoms with E-state index >= 15 is 0 Å². The summed E-state index contributed by atoms with van der Waals surface area (Å²) in [5.74, 6) is 0.847. The fourth-order valence-corrected chi connectivity index (χ4v) is 1.68. The van der Waals surface area contributed by atoms with E-state index in [9.17, 15) is 4.79 Å². The third-order valence-electron chi connectivity index (χ3n) is 2.39. The maximum atomic E-state index is 10.2. The van der Waals surface area contributed by atoms with Crippen LogP contribution in [0.25, 0.3) is 0 Å². The first-order chi connectivity index (χ1) is 6.81. The highest BCUT2D eigenvalue weighted by Gasteiger charge is 2.20. The van der Waals surface area contributed by atoms with Crippen molar-refractivity contribution >= 4 is 6.08 Å². The predicted molar refractivity (Wildman–Crippen MR) is 52.2 cm³/mol. The van der Waals surface area contributed by atoms with Crippen LogP contribution in [0.15, 0.2) is 23.2 Å². The second-order valence-electron chi connectivity index (χ2n) is 3.41. The van der Waals surface area contributed by atoms with Crippen molar-refractivity contribution in [1.29, 1.82) is 0 Å². The van der Waals surface area contributed by atoms with Gasteiger partial charge in [0.05, 0.1) is 12.6 Å². The van der Waals surface area contributed by atoms with Gasteiger partial charge in [-0.25, -0.2) is 4.79 Å². The summed E-state index contributed by atoms with van der Waals surface area (Å²) in [4.78, 5) is 14.0. The fourth-order valence-electron chi connectivity index (χ4n) is 1.68. The molecule has 14 heavy (non-hydrogen) atoms. The number of aliphatic imine (C=N–C) groups is 1. The number of isocyanates is 1. The zero-order chi connectivity index (χ0) is 9.97. The van der Waals surface area contributed by atoms with E-state index in [0.29, 0.717) is 6.61 Å². The molecule has 0 saturated heterocycles. The molecular formula is C11H11NO2. The molecule has 1 aromatic carbocycles. The lowest BCUT2D eigenvalue weighted by atomic mass is 10.00. The standard InChI is InChI=1S/C11H11NO2/c1-8-2-3-9-10(12-7-13)4-5-14-11(9)6-8/h2-3,6,10H,4-5H2,1H3. The molecule has 0 N–H and O–H groups in total. The van der Waals surface area contributed by atoms with E-state index in [2.05, 4.69) is 4.99 Å². The summed E-state index contributed by atoms with van der Waals surface area (Å²) in [7, 11) is 0. The smallest absolute Gasteiger partial charge is 0.235 e. The Kier molecular flexibility index (Phi) is 2.33. The molecular weight excluding hydrogens is 178 g/mol. The molecule has 1 aliphatic heterocycles. The summed E-state index contributed by atoms with van der Waals surface area (Å²) in [6, 6.07) is 5.87. The molecule has 0 aliphatic carbocycles. The molecule has 1 aromatic rings. The molecule has 2 rings (SSSR count). The molecule has 3 nitrogen and oxygen atoms in total. The van der Waals surface area contributed by atoms with Crippen LogP contribution < -0.4 is 4.74 Å². The summed E-state index contributed by atoms with van der Waals surface area (Å²) in [6.07, 6.45) is 2.37. The SMILES string of the molecule is Cc1ccc2c(c1)OCCC2N=C=O. The third-order valence-corrected chi connectivity index (χ3v) is 2.39. The molecule has 0 spiro atoms. The van der Waals surface area contributed by atoms with Crippen LogP contribution in [0.2, 0.25) is 0 Å². The van der Waals surface area contributed by atoms with Crippen LogP contribution >= 0.6 is 0 Å². The maximum Gasteiger partial charge on any atom is 0.235 e. The Hall–Kier alpha value is -1.60. The number of benzene rings is 1. The topological polar surface area (TPSA) is 38.7 Å². The average Bonchev–Trinajstić information content (AvgIpc) is 2.18.